The maximum absolute atomic E-state index is 14.9. The lowest BCUT2D eigenvalue weighted by Crippen LogP contribution is -2.40. The number of ether oxygens (including phenoxy) is 1. The van der Waals surface area contributed by atoms with E-state index in [0.717, 1.165) is 33.4 Å². The van der Waals surface area contributed by atoms with Gasteiger partial charge in [-0.1, -0.05) is 29.8 Å². The molecule has 0 aliphatic carbocycles. The van der Waals surface area contributed by atoms with E-state index >= 15 is 0 Å². The molecule has 1 amide bonds. The highest BCUT2D eigenvalue weighted by Gasteiger charge is 2.23. The van der Waals surface area contributed by atoms with Gasteiger partial charge in [0.1, 0.15) is 16.7 Å². The Morgan fingerprint density at radius 2 is 1.82 bits per heavy atom. The Kier molecular flexibility index (Phi) is 9.59. The van der Waals surface area contributed by atoms with E-state index in [4.69, 9.17) is 9.94 Å². The molecule has 0 fully saturated rings. The highest BCUT2D eigenvalue weighted by molar-refractivity contribution is 7.97. The fourth-order valence-electron chi connectivity index (χ4n) is 3.66. The fraction of sp³-hybridized carbons (Fsp3) is 0.185. The Morgan fingerprint density at radius 1 is 1.10 bits per heavy atom. The summed E-state index contributed by atoms with van der Waals surface area (Å²) in [4.78, 5) is 16.8. The van der Waals surface area contributed by atoms with E-state index < -0.39 is 40.8 Å². The van der Waals surface area contributed by atoms with Crippen LogP contribution < -0.4 is 10.2 Å². The van der Waals surface area contributed by atoms with Gasteiger partial charge in [0.05, 0.1) is 11.4 Å². The van der Waals surface area contributed by atoms with Crippen molar-refractivity contribution in [2.75, 3.05) is 26.7 Å². The number of hydrogen-bond donors (Lipinski definition) is 2. The van der Waals surface area contributed by atoms with Crippen molar-refractivity contribution in [2.45, 2.75) is 16.7 Å². The molecule has 0 saturated carbocycles. The van der Waals surface area contributed by atoms with E-state index in [-0.39, 0.29) is 17.2 Å². The SMILES string of the molecule is Cc1ccc(Oc2c(F)cc(S(=O)N(CCN(C)Sc3cccc4cnccc34)CC(=O)NO)cc2F)cc1. The van der Waals surface area contributed by atoms with Crippen LogP contribution in [0.4, 0.5) is 8.78 Å². The van der Waals surface area contributed by atoms with Gasteiger partial charge >= 0.3 is 0 Å². The Morgan fingerprint density at radius 3 is 2.51 bits per heavy atom. The number of rotatable bonds is 11. The van der Waals surface area contributed by atoms with Gasteiger partial charge in [0, 0.05) is 35.8 Å². The van der Waals surface area contributed by atoms with Gasteiger partial charge in [0.15, 0.2) is 17.4 Å². The number of nitrogens with one attached hydrogen (secondary N) is 1. The zero-order valence-corrected chi connectivity index (χ0v) is 22.8. The summed E-state index contributed by atoms with van der Waals surface area (Å²) in [7, 11) is -0.297. The number of aryl methyl sites for hydroxylation is 1. The smallest absolute Gasteiger partial charge is 0.258 e. The van der Waals surface area contributed by atoms with Crippen LogP contribution in [0.2, 0.25) is 0 Å². The molecule has 1 aromatic heterocycles. The van der Waals surface area contributed by atoms with Gasteiger partial charge in [0.2, 0.25) is 0 Å². The van der Waals surface area contributed by atoms with E-state index in [2.05, 4.69) is 4.98 Å². The molecule has 12 heteroatoms. The van der Waals surface area contributed by atoms with Crippen LogP contribution in [0.15, 0.2) is 82.8 Å². The van der Waals surface area contributed by atoms with Crippen molar-refractivity contribution < 1.29 is 27.7 Å². The summed E-state index contributed by atoms with van der Waals surface area (Å²) in [5.41, 5.74) is 2.46. The second-order valence-electron chi connectivity index (χ2n) is 8.57. The number of nitrogens with zero attached hydrogens (tertiary/aromatic N) is 3. The number of hydroxylamine groups is 1. The molecular weight excluding hydrogens is 546 g/mol. The molecule has 3 aromatic carbocycles. The number of fused-ring (bicyclic) bond motifs is 1. The van der Waals surface area contributed by atoms with E-state index in [0.29, 0.717) is 6.54 Å². The van der Waals surface area contributed by atoms with Gasteiger partial charge < -0.3 is 4.74 Å². The first-order chi connectivity index (χ1) is 18.7. The molecule has 8 nitrogen and oxygen atoms in total. The van der Waals surface area contributed by atoms with Crippen LogP contribution in [-0.4, -0.2) is 55.6 Å². The second-order valence-corrected chi connectivity index (χ2v) is 11.3. The maximum atomic E-state index is 14.9. The third kappa shape index (κ3) is 7.37. The lowest BCUT2D eigenvalue weighted by atomic mass is 10.2. The zero-order chi connectivity index (χ0) is 27.9. The number of likely N-dealkylation sites (N-methyl/N-ethyl adjacent to an activating group) is 1. The highest BCUT2D eigenvalue weighted by atomic mass is 32.2. The van der Waals surface area contributed by atoms with Crippen molar-refractivity contribution in [3.05, 3.63) is 90.3 Å². The maximum Gasteiger partial charge on any atom is 0.258 e. The van der Waals surface area contributed by atoms with Gasteiger partial charge in [-0.3, -0.25) is 15.0 Å². The first-order valence-corrected chi connectivity index (χ1v) is 13.7. The molecule has 4 aromatic rings. The van der Waals surface area contributed by atoms with Gasteiger partial charge in [-0.2, -0.15) is 0 Å². The zero-order valence-electron chi connectivity index (χ0n) is 21.1. The molecule has 0 saturated heterocycles. The number of pyridine rings is 1. The third-order valence-corrected chi connectivity index (χ3v) is 8.12. The molecule has 0 bridgehead atoms. The number of halogens is 2. The number of hydrogen-bond acceptors (Lipinski definition) is 7. The Labute approximate surface area is 231 Å². The Balaban J connectivity index is 1.48. The van der Waals surface area contributed by atoms with Gasteiger partial charge in [-0.25, -0.2) is 27.1 Å². The van der Waals surface area contributed by atoms with Crippen LogP contribution in [0.5, 0.6) is 11.5 Å². The minimum absolute atomic E-state index is 0.0840. The second kappa shape index (κ2) is 13.1. The molecule has 4 rings (SSSR count). The number of amides is 1. The summed E-state index contributed by atoms with van der Waals surface area (Å²) in [5.74, 6) is -3.27. The van der Waals surface area contributed by atoms with Gasteiger partial charge in [-0.15, -0.1) is 0 Å². The van der Waals surface area contributed by atoms with Crippen molar-refractivity contribution in [1.29, 1.82) is 0 Å². The summed E-state index contributed by atoms with van der Waals surface area (Å²) in [5, 5.41) is 11.0. The summed E-state index contributed by atoms with van der Waals surface area (Å²) >= 11 is 1.45. The lowest BCUT2D eigenvalue weighted by molar-refractivity contribution is -0.129. The molecule has 0 radical (unpaired) electrons. The van der Waals surface area contributed by atoms with Gasteiger partial charge in [-0.05, 0) is 67.7 Å². The molecule has 0 aliphatic heterocycles. The Hall–Kier alpha value is -3.42. The summed E-state index contributed by atoms with van der Waals surface area (Å²) in [6, 6.07) is 16.2. The van der Waals surface area contributed by atoms with Crippen LogP contribution >= 0.6 is 11.9 Å². The van der Waals surface area contributed by atoms with Crippen LogP contribution in [0.3, 0.4) is 0 Å². The number of benzene rings is 3. The van der Waals surface area contributed by atoms with Crippen molar-refractivity contribution in [1.82, 2.24) is 19.1 Å². The average Bonchev–Trinajstić information content (AvgIpc) is 2.93. The molecule has 0 aliphatic rings. The largest absolute Gasteiger partial charge is 0.451 e. The topological polar surface area (TPSA) is 95.0 Å². The molecule has 2 N–H and O–H groups in total. The molecule has 0 spiro atoms. The number of carbonyl (C=O) groups is 1. The molecule has 1 unspecified atom stereocenters. The van der Waals surface area contributed by atoms with Crippen LogP contribution in [0, 0.1) is 18.6 Å². The van der Waals surface area contributed by atoms with Crippen molar-refractivity contribution >= 4 is 39.6 Å². The van der Waals surface area contributed by atoms with E-state index in [1.54, 1.807) is 36.7 Å². The predicted molar refractivity (Wildman–Crippen MR) is 146 cm³/mol. The van der Waals surface area contributed by atoms with E-state index in [1.807, 2.05) is 42.5 Å². The van der Waals surface area contributed by atoms with E-state index in [9.17, 15) is 17.8 Å². The fourth-order valence-corrected chi connectivity index (χ4v) is 5.78. The van der Waals surface area contributed by atoms with Crippen LogP contribution in [0.25, 0.3) is 10.8 Å². The molecular formula is C27H26F2N4O4S2. The first kappa shape index (κ1) is 28.6. The number of aromatic nitrogens is 1. The molecule has 39 heavy (non-hydrogen) atoms. The van der Waals surface area contributed by atoms with E-state index in [1.165, 1.54) is 21.7 Å². The molecule has 1 atom stereocenters. The minimum atomic E-state index is -2.13. The van der Waals surface area contributed by atoms with Crippen LogP contribution in [0.1, 0.15) is 5.56 Å². The summed E-state index contributed by atoms with van der Waals surface area (Å²) in [6.45, 7) is 1.82. The predicted octanol–water partition coefficient (Wildman–Crippen LogP) is 5.08. The normalized spacial score (nSPS) is 12.2. The standard InChI is InChI=1S/C27H26F2N4O4S2/c1-18-6-8-20(9-7-18)37-27-23(28)14-21(15-24(27)29)39(36)33(17-26(34)31-35)13-12-32(2)38-25-5-3-4-19-16-30-11-10-22(19)25/h3-11,14-16,35H,12-13,17H2,1-2H3,(H,31,34). The summed E-state index contributed by atoms with van der Waals surface area (Å²) in [6.07, 6.45) is 3.48. The third-order valence-electron chi connectivity index (χ3n) is 5.65. The minimum Gasteiger partial charge on any atom is -0.451 e. The van der Waals surface area contributed by atoms with Crippen molar-refractivity contribution in [3.63, 3.8) is 0 Å². The highest BCUT2D eigenvalue weighted by Crippen LogP contribution is 2.31. The average molecular weight is 573 g/mol. The quantitative estimate of drug-likeness (QED) is 0.147. The first-order valence-electron chi connectivity index (χ1n) is 11.8. The molecule has 1 heterocycles. The van der Waals surface area contributed by atoms with Gasteiger partial charge in [0.25, 0.3) is 5.91 Å². The number of carbonyl (C=O) groups excluding carboxylic acids is 1. The van der Waals surface area contributed by atoms with Crippen molar-refractivity contribution in [3.8, 4) is 11.5 Å². The monoisotopic (exact) mass is 572 g/mol. The summed E-state index contributed by atoms with van der Waals surface area (Å²) < 4.78 is 51.5. The van der Waals surface area contributed by atoms with Crippen molar-refractivity contribution in [2.24, 2.45) is 0 Å². The van der Waals surface area contributed by atoms with Crippen LogP contribution in [-0.2, 0) is 15.8 Å². The lowest BCUT2D eigenvalue weighted by Gasteiger charge is -2.24. The Bertz CT molecular complexity index is 1460. The molecule has 204 valence electrons.